The van der Waals surface area contributed by atoms with E-state index in [1.807, 2.05) is 36.4 Å². The summed E-state index contributed by atoms with van der Waals surface area (Å²) in [4.78, 5) is 4.95. The summed E-state index contributed by atoms with van der Waals surface area (Å²) in [6.07, 6.45) is 3.84. The first kappa shape index (κ1) is 71.9. The van der Waals surface area contributed by atoms with Gasteiger partial charge in [0, 0.05) is 34.1 Å². The molecule has 18 aromatic carbocycles. The van der Waals surface area contributed by atoms with E-state index < -0.39 is 18.9 Å². The van der Waals surface area contributed by atoms with Gasteiger partial charge in [0.05, 0.1) is 10.8 Å². The van der Waals surface area contributed by atoms with E-state index in [1.165, 1.54) is 123 Å². The molecule has 21 rings (SSSR count). The normalized spacial score (nSPS) is 14.8. The van der Waals surface area contributed by atoms with Crippen LogP contribution in [0.2, 0.25) is 0 Å². The number of fused-ring (bicyclic) bond motifs is 9. The third-order valence-electron chi connectivity index (χ3n) is 25.2. The summed E-state index contributed by atoms with van der Waals surface area (Å²) in [7, 11) is -3.20. The Bertz CT molecular complexity index is 6510. The highest BCUT2D eigenvalue weighted by Crippen LogP contribution is 2.60. The molecule has 3 aliphatic rings. The van der Waals surface area contributed by atoms with Gasteiger partial charge < -0.3 is 9.80 Å². The third-order valence-corrected chi connectivity index (χ3v) is 30.1. The quantitative estimate of drug-likeness (QED) is 0.0790. The van der Waals surface area contributed by atoms with Gasteiger partial charge in [0.15, 0.2) is 8.07 Å². The zero-order valence-corrected chi connectivity index (χ0v) is 66.3. The lowest BCUT2D eigenvalue weighted by molar-refractivity contribution is 0.627. The molecule has 0 bridgehead atoms. The first-order chi connectivity index (χ1) is 58.7. The van der Waals surface area contributed by atoms with Crippen molar-refractivity contribution in [3.8, 4) is 77.9 Å². The number of benzene rings is 18. The van der Waals surface area contributed by atoms with Crippen molar-refractivity contribution >= 4 is 75.1 Å². The largest absolute Gasteiger partial charge is 0.310 e. The van der Waals surface area contributed by atoms with Crippen molar-refractivity contribution in [1.82, 2.24) is 0 Å². The molecular formula is C114H78F2N2Si. The highest BCUT2D eigenvalue weighted by atomic mass is 28.3. The van der Waals surface area contributed by atoms with E-state index in [4.69, 9.17) is 0 Å². The standard InChI is InChI=1S/C114H78F2N2Si/c1-3-77-39-51-89(52-40-77)113(87-27-9-5-10-28-87)107-37-19-17-35-101(107)103-67-63-97(75-109(103)113)117(93-59-47-81(48-60-93)85-25-21-23-83(71-85)79-43-55-91(115)56-44-79)95-65-69-111-105(73-95)106-74-96(66-70-112(106)119(111,99-31-13-7-14-32-99)100-33-15-8-16-34-100)118(94-61-49-82(50-62-94)86-26-22-24-84(72-86)80-45-57-92(116)58-46-80)98-64-68-104-102-36-18-20-38-108(102)114(110(104)76-98,88-29-11-6-12-30-88)90-53-41-78(4-2)42-54-90/h3-76H,1-2H2. The summed E-state index contributed by atoms with van der Waals surface area (Å²) < 4.78 is 28.8. The van der Waals surface area contributed by atoms with Crippen molar-refractivity contribution in [2.75, 3.05) is 9.80 Å². The Hall–Kier alpha value is -14.9. The summed E-state index contributed by atoms with van der Waals surface area (Å²) in [6, 6.07) is 158. The molecule has 562 valence electrons. The van der Waals surface area contributed by atoms with Crippen molar-refractivity contribution in [2.24, 2.45) is 0 Å². The van der Waals surface area contributed by atoms with Gasteiger partial charge in [0.2, 0.25) is 0 Å². The Balaban J connectivity index is 0.797. The molecule has 0 spiro atoms. The maximum atomic E-state index is 14.4. The molecule has 2 unspecified atom stereocenters. The number of hydrogen-bond acceptors (Lipinski definition) is 2. The van der Waals surface area contributed by atoms with Crippen LogP contribution in [-0.2, 0) is 10.8 Å². The van der Waals surface area contributed by atoms with Gasteiger partial charge in [-0.05, 0) is 263 Å². The second kappa shape index (κ2) is 29.4. The van der Waals surface area contributed by atoms with Crippen LogP contribution >= 0.6 is 0 Å². The molecule has 0 aromatic heterocycles. The van der Waals surface area contributed by atoms with Crippen molar-refractivity contribution in [1.29, 1.82) is 0 Å². The highest BCUT2D eigenvalue weighted by Gasteiger charge is 2.51. The van der Waals surface area contributed by atoms with Crippen LogP contribution in [0.3, 0.4) is 0 Å². The molecule has 2 aliphatic carbocycles. The number of rotatable bonds is 18. The van der Waals surface area contributed by atoms with Crippen LogP contribution in [0.4, 0.5) is 42.9 Å². The monoisotopic (exact) mass is 1540 g/mol. The van der Waals surface area contributed by atoms with Crippen LogP contribution in [0.5, 0.6) is 0 Å². The van der Waals surface area contributed by atoms with E-state index in [9.17, 15) is 8.78 Å². The van der Waals surface area contributed by atoms with Crippen molar-refractivity contribution in [3.63, 3.8) is 0 Å². The Kier molecular flexibility index (Phi) is 17.8. The second-order valence-corrected chi connectivity index (χ2v) is 35.0. The molecular weight excluding hydrogens is 1460 g/mol. The zero-order chi connectivity index (χ0) is 79.8. The van der Waals surface area contributed by atoms with E-state index >= 15 is 0 Å². The van der Waals surface area contributed by atoms with Gasteiger partial charge in [-0.25, -0.2) is 8.78 Å². The molecule has 0 radical (unpaired) electrons. The fraction of sp³-hybridized carbons (Fsp3) is 0.0175. The van der Waals surface area contributed by atoms with Crippen molar-refractivity contribution < 1.29 is 8.78 Å². The Labute approximate surface area is 694 Å². The topological polar surface area (TPSA) is 6.48 Å². The SMILES string of the molecule is C=Cc1ccc(C2(c3ccccc3)c3ccccc3-c3ccc(N(c4ccc(-c5cccc(-c6ccc(F)cc6)c5)cc4)c4ccc5c(c4)-c4cc(N(c6ccc(-c7cccc(-c8ccc(F)cc8)c7)cc6)c6ccc7c(c6)C(c6ccccc6)(c6ccc(C=C)cc6)c6ccccc6-7)ccc4[Si]5(c4ccccc4)c4ccccc4)cc32)cc1. The fourth-order valence-electron chi connectivity index (χ4n) is 19.8. The molecule has 0 saturated carbocycles. The Morgan fingerprint density at radius 1 is 0.218 bits per heavy atom. The van der Waals surface area contributed by atoms with E-state index in [2.05, 4.69) is 411 Å². The number of halogens is 2. The van der Waals surface area contributed by atoms with Crippen LogP contribution in [-0.4, -0.2) is 8.07 Å². The smallest absolute Gasteiger partial charge is 0.180 e. The van der Waals surface area contributed by atoms with Crippen LogP contribution < -0.4 is 30.5 Å². The van der Waals surface area contributed by atoms with Crippen LogP contribution in [0.1, 0.15) is 55.6 Å². The summed E-state index contributed by atoms with van der Waals surface area (Å²) in [5.41, 5.74) is 31.5. The van der Waals surface area contributed by atoms with Gasteiger partial charge in [-0.2, -0.15) is 0 Å². The molecule has 18 aromatic rings. The molecule has 2 atom stereocenters. The van der Waals surface area contributed by atoms with E-state index in [-0.39, 0.29) is 11.6 Å². The number of anilines is 6. The predicted molar refractivity (Wildman–Crippen MR) is 495 cm³/mol. The third kappa shape index (κ3) is 11.8. The van der Waals surface area contributed by atoms with Gasteiger partial charge in [-0.15, -0.1) is 0 Å². The van der Waals surface area contributed by atoms with Gasteiger partial charge in [-0.3, -0.25) is 0 Å². The first-order valence-electron chi connectivity index (χ1n) is 40.7. The summed E-state index contributed by atoms with van der Waals surface area (Å²) in [5, 5.41) is 5.21. The maximum Gasteiger partial charge on any atom is 0.180 e. The van der Waals surface area contributed by atoms with Gasteiger partial charge in [0.1, 0.15) is 11.6 Å². The fourth-order valence-corrected chi connectivity index (χ4v) is 24.9. The summed E-state index contributed by atoms with van der Waals surface area (Å²) in [6.45, 7) is 8.37. The summed E-state index contributed by atoms with van der Waals surface area (Å²) >= 11 is 0. The molecule has 1 aliphatic heterocycles. The molecule has 0 fully saturated rings. The second-order valence-electron chi connectivity index (χ2n) is 31.3. The average Bonchev–Trinajstić information content (AvgIpc) is 1.54. The number of nitrogens with zero attached hydrogens (tertiary/aromatic N) is 2. The molecule has 1 heterocycles. The Morgan fingerprint density at radius 3 is 0.874 bits per heavy atom. The lowest BCUT2D eigenvalue weighted by atomic mass is 9.67. The van der Waals surface area contributed by atoms with E-state index in [0.717, 1.165) is 89.8 Å². The lowest BCUT2D eigenvalue weighted by Crippen LogP contribution is -2.72. The zero-order valence-electron chi connectivity index (χ0n) is 65.3. The van der Waals surface area contributed by atoms with Gasteiger partial charge in [0.25, 0.3) is 0 Å². The lowest BCUT2D eigenvalue weighted by Gasteiger charge is -2.35. The number of hydrogen-bond donors (Lipinski definition) is 0. The molecule has 0 saturated heterocycles. The van der Waals surface area contributed by atoms with E-state index in [1.54, 1.807) is 0 Å². The molecule has 119 heavy (non-hydrogen) atoms. The van der Waals surface area contributed by atoms with Gasteiger partial charge >= 0.3 is 0 Å². The first-order valence-corrected chi connectivity index (χ1v) is 42.7. The molecule has 0 N–H and O–H groups in total. The minimum absolute atomic E-state index is 0.262. The minimum Gasteiger partial charge on any atom is -0.310 e. The summed E-state index contributed by atoms with van der Waals surface area (Å²) in [5.74, 6) is -0.523. The molecule has 0 amide bonds. The van der Waals surface area contributed by atoms with Gasteiger partial charge in [-0.1, -0.05) is 353 Å². The van der Waals surface area contributed by atoms with Crippen LogP contribution in [0, 0.1) is 11.6 Å². The van der Waals surface area contributed by atoms with Crippen LogP contribution in [0.25, 0.3) is 90.0 Å². The molecule has 2 nitrogen and oxygen atoms in total. The predicted octanol–water partition coefficient (Wildman–Crippen LogP) is 26.9. The van der Waals surface area contributed by atoms with Crippen molar-refractivity contribution in [3.05, 3.63) is 517 Å². The van der Waals surface area contributed by atoms with Crippen molar-refractivity contribution in [2.45, 2.75) is 10.8 Å². The maximum absolute atomic E-state index is 14.4. The molecule has 5 heteroatoms. The average molecular weight is 1540 g/mol. The Morgan fingerprint density at radius 2 is 0.513 bits per heavy atom. The minimum atomic E-state index is -3.20. The van der Waals surface area contributed by atoms with E-state index in [0.29, 0.717) is 0 Å². The van der Waals surface area contributed by atoms with Crippen LogP contribution in [0.15, 0.2) is 450 Å². The highest BCUT2D eigenvalue weighted by molar-refractivity contribution is 7.22.